The minimum Gasteiger partial charge on any atom is -0.389 e. The molecule has 1 saturated heterocycles. The van der Waals surface area contributed by atoms with Crippen LogP contribution < -0.4 is 4.90 Å². The number of anilines is 1. The summed E-state index contributed by atoms with van der Waals surface area (Å²) in [7, 11) is 0. The summed E-state index contributed by atoms with van der Waals surface area (Å²) in [6, 6.07) is 5.10. The molecule has 138 valence electrons. The number of aromatic nitrogens is 2. The molecule has 1 N–H and O–H groups in total. The third-order valence-electron chi connectivity index (χ3n) is 5.18. The van der Waals surface area contributed by atoms with Gasteiger partial charge in [0, 0.05) is 37.3 Å². The third-order valence-corrected chi connectivity index (χ3v) is 5.47. The van der Waals surface area contributed by atoms with Gasteiger partial charge in [0.15, 0.2) is 5.69 Å². The van der Waals surface area contributed by atoms with Gasteiger partial charge in [0.1, 0.15) is 0 Å². The Balaban J connectivity index is 1.37. The van der Waals surface area contributed by atoms with Crippen LogP contribution in [0.3, 0.4) is 0 Å². The van der Waals surface area contributed by atoms with Crippen molar-refractivity contribution in [2.24, 2.45) is 5.41 Å². The highest BCUT2D eigenvalue weighted by molar-refractivity contribution is 6.31. The molecule has 4 rings (SSSR count). The van der Waals surface area contributed by atoms with Crippen molar-refractivity contribution in [3.63, 3.8) is 0 Å². The van der Waals surface area contributed by atoms with Crippen LogP contribution >= 0.6 is 11.6 Å². The van der Waals surface area contributed by atoms with Crippen molar-refractivity contribution in [2.45, 2.75) is 31.0 Å². The average Bonchev–Trinajstić information content (AvgIpc) is 2.49. The lowest BCUT2D eigenvalue weighted by molar-refractivity contribution is -0.141. The van der Waals surface area contributed by atoms with Crippen LogP contribution in [0.1, 0.15) is 24.1 Å². The number of hydrogen-bond acceptors (Lipinski definition) is 4. The summed E-state index contributed by atoms with van der Waals surface area (Å²) in [5.74, 6) is 0. The third kappa shape index (κ3) is 3.14. The maximum Gasteiger partial charge on any atom is 0.434 e. The van der Waals surface area contributed by atoms with Crippen molar-refractivity contribution in [1.29, 1.82) is 0 Å². The molecular formula is C18H17ClF3N3O. The first kappa shape index (κ1) is 17.5. The normalized spacial score (nSPS) is 20.6. The molecule has 1 aliphatic carbocycles. The molecule has 4 nitrogen and oxygen atoms in total. The first-order valence-electron chi connectivity index (χ1n) is 8.27. The Hall–Kier alpha value is -1.86. The zero-order valence-corrected chi connectivity index (χ0v) is 14.6. The number of rotatable bonds is 3. The van der Waals surface area contributed by atoms with E-state index >= 15 is 0 Å². The van der Waals surface area contributed by atoms with Crippen molar-refractivity contribution < 1.29 is 18.3 Å². The molecule has 2 aliphatic rings. The van der Waals surface area contributed by atoms with E-state index in [1.54, 1.807) is 12.4 Å². The van der Waals surface area contributed by atoms with Gasteiger partial charge in [0.25, 0.3) is 0 Å². The molecule has 0 bridgehead atoms. The van der Waals surface area contributed by atoms with Gasteiger partial charge in [0.05, 0.1) is 22.5 Å². The van der Waals surface area contributed by atoms with Crippen LogP contribution in [-0.2, 0) is 12.6 Å². The SMILES string of the molecule is OC1(Cc2cccnc2)CC2(CN(c3cnc(C(F)(F)F)c(Cl)c3)C2)C1. The summed E-state index contributed by atoms with van der Waals surface area (Å²) in [6.45, 7) is 1.37. The van der Waals surface area contributed by atoms with Crippen molar-refractivity contribution in [1.82, 2.24) is 9.97 Å². The molecule has 2 aromatic heterocycles. The van der Waals surface area contributed by atoms with E-state index in [0.717, 1.165) is 5.56 Å². The first-order valence-corrected chi connectivity index (χ1v) is 8.65. The highest BCUT2D eigenvalue weighted by Crippen LogP contribution is 2.56. The molecule has 1 spiro atoms. The quantitative estimate of drug-likeness (QED) is 0.877. The summed E-state index contributed by atoms with van der Waals surface area (Å²) >= 11 is 5.74. The second kappa shape index (κ2) is 5.82. The van der Waals surface area contributed by atoms with E-state index < -0.39 is 22.5 Å². The molecule has 3 heterocycles. The summed E-state index contributed by atoms with van der Waals surface area (Å²) < 4.78 is 38.2. The predicted molar refractivity (Wildman–Crippen MR) is 91.0 cm³/mol. The highest BCUT2D eigenvalue weighted by atomic mass is 35.5. The van der Waals surface area contributed by atoms with E-state index in [1.807, 2.05) is 17.0 Å². The van der Waals surface area contributed by atoms with E-state index in [2.05, 4.69) is 9.97 Å². The Morgan fingerprint density at radius 2 is 1.96 bits per heavy atom. The standard InChI is InChI=1S/C18H17ClF3N3O/c19-14-4-13(7-24-15(14)18(20,21)22)25-10-16(11-25)8-17(26,9-16)5-12-2-1-3-23-6-12/h1-4,6-7,26H,5,8-11H2. The lowest BCUT2D eigenvalue weighted by Crippen LogP contribution is -2.68. The molecule has 0 amide bonds. The van der Waals surface area contributed by atoms with Crippen LogP contribution in [0.5, 0.6) is 0 Å². The van der Waals surface area contributed by atoms with Crippen LogP contribution in [0.15, 0.2) is 36.8 Å². The van der Waals surface area contributed by atoms with Crippen molar-refractivity contribution in [3.05, 3.63) is 53.1 Å². The second-order valence-electron chi connectivity index (χ2n) is 7.49. The van der Waals surface area contributed by atoms with E-state index in [0.29, 0.717) is 38.0 Å². The van der Waals surface area contributed by atoms with E-state index in [4.69, 9.17) is 11.6 Å². The van der Waals surface area contributed by atoms with E-state index in [9.17, 15) is 18.3 Å². The van der Waals surface area contributed by atoms with Gasteiger partial charge < -0.3 is 10.0 Å². The molecule has 2 aromatic rings. The molecular weight excluding hydrogens is 367 g/mol. The van der Waals surface area contributed by atoms with Gasteiger partial charge in [-0.25, -0.2) is 4.98 Å². The molecule has 1 saturated carbocycles. The zero-order valence-electron chi connectivity index (χ0n) is 13.8. The van der Waals surface area contributed by atoms with Gasteiger partial charge in [-0.1, -0.05) is 17.7 Å². The molecule has 8 heteroatoms. The Labute approximate surface area is 153 Å². The van der Waals surface area contributed by atoms with Gasteiger partial charge in [-0.05, 0) is 30.5 Å². The lowest BCUT2D eigenvalue weighted by atomic mass is 9.54. The number of nitrogens with zero attached hydrogens (tertiary/aromatic N) is 3. The van der Waals surface area contributed by atoms with E-state index in [-0.39, 0.29) is 5.41 Å². The van der Waals surface area contributed by atoms with Gasteiger partial charge in [-0.2, -0.15) is 13.2 Å². The predicted octanol–water partition coefficient (Wildman–Crippen LogP) is 3.72. The molecule has 2 fully saturated rings. The fourth-order valence-electron chi connectivity index (χ4n) is 4.33. The Bertz CT molecular complexity index is 814. The summed E-state index contributed by atoms with van der Waals surface area (Å²) in [5.41, 5.74) is -0.194. The highest BCUT2D eigenvalue weighted by Gasteiger charge is 2.59. The lowest BCUT2D eigenvalue weighted by Gasteiger charge is -2.63. The van der Waals surface area contributed by atoms with Crippen molar-refractivity contribution in [3.8, 4) is 0 Å². The molecule has 0 aromatic carbocycles. The molecule has 0 unspecified atom stereocenters. The van der Waals surface area contributed by atoms with Gasteiger partial charge in [0.2, 0.25) is 0 Å². The summed E-state index contributed by atoms with van der Waals surface area (Å²) in [5, 5.41) is 10.3. The van der Waals surface area contributed by atoms with Crippen LogP contribution in [0.25, 0.3) is 0 Å². The Kier molecular flexibility index (Phi) is 3.93. The van der Waals surface area contributed by atoms with E-state index in [1.165, 1.54) is 12.3 Å². The van der Waals surface area contributed by atoms with Gasteiger partial charge >= 0.3 is 6.18 Å². The molecule has 0 radical (unpaired) electrons. The Morgan fingerprint density at radius 3 is 2.54 bits per heavy atom. The minimum absolute atomic E-state index is 0.0200. The zero-order chi connectivity index (χ0) is 18.6. The van der Waals surface area contributed by atoms with Crippen molar-refractivity contribution in [2.75, 3.05) is 18.0 Å². The first-order chi connectivity index (χ1) is 12.2. The van der Waals surface area contributed by atoms with Crippen LogP contribution in [0.4, 0.5) is 18.9 Å². The van der Waals surface area contributed by atoms with Gasteiger partial charge in [-0.3, -0.25) is 4.98 Å². The molecule has 1 aliphatic heterocycles. The fourth-order valence-corrected chi connectivity index (χ4v) is 4.60. The van der Waals surface area contributed by atoms with Crippen LogP contribution in [0, 0.1) is 5.41 Å². The fraction of sp³-hybridized carbons (Fsp3) is 0.444. The largest absolute Gasteiger partial charge is 0.434 e. The smallest absolute Gasteiger partial charge is 0.389 e. The molecule has 0 atom stereocenters. The number of aliphatic hydroxyl groups is 1. The average molecular weight is 384 g/mol. The number of alkyl halides is 3. The van der Waals surface area contributed by atoms with Crippen LogP contribution in [-0.4, -0.2) is 33.8 Å². The summed E-state index contributed by atoms with van der Waals surface area (Å²) in [6.07, 6.45) is 2.02. The summed E-state index contributed by atoms with van der Waals surface area (Å²) in [4.78, 5) is 9.48. The topological polar surface area (TPSA) is 49.3 Å². The minimum atomic E-state index is -4.55. The monoisotopic (exact) mass is 383 g/mol. The number of hydrogen-bond donors (Lipinski definition) is 1. The molecule has 26 heavy (non-hydrogen) atoms. The number of pyridine rings is 2. The number of halogens is 4. The van der Waals surface area contributed by atoms with Gasteiger partial charge in [-0.15, -0.1) is 0 Å². The Morgan fingerprint density at radius 1 is 1.23 bits per heavy atom. The van der Waals surface area contributed by atoms with Crippen molar-refractivity contribution >= 4 is 17.3 Å². The van der Waals surface area contributed by atoms with Crippen LogP contribution in [0.2, 0.25) is 5.02 Å². The maximum absolute atomic E-state index is 12.7. The second-order valence-corrected chi connectivity index (χ2v) is 7.90. The maximum atomic E-state index is 12.7.